The van der Waals surface area contributed by atoms with Gasteiger partial charge in [-0.25, -0.2) is 0 Å². The van der Waals surface area contributed by atoms with E-state index in [-0.39, 0.29) is 18.7 Å². The van der Waals surface area contributed by atoms with Crippen LogP contribution in [-0.4, -0.2) is 23.8 Å². The van der Waals surface area contributed by atoms with Gasteiger partial charge in [-0.2, -0.15) is 0 Å². The topological polar surface area (TPSA) is 58.3 Å². The number of aliphatic hydroxyl groups is 1. The molecular weight excluding hydrogens is 188 g/mol. The molecule has 3 nitrogen and oxygen atoms in total. The molecule has 1 aliphatic heterocycles. The molecule has 0 spiro atoms. The predicted molar refractivity (Wildman–Crippen MR) is 62.0 cm³/mol. The predicted octanol–water partition coefficient (Wildman–Crippen LogP) is 0.905. The fourth-order valence-corrected chi connectivity index (χ4v) is 2.16. The zero-order valence-electron chi connectivity index (χ0n) is 9.03. The Morgan fingerprint density at radius 2 is 2.40 bits per heavy atom. The van der Waals surface area contributed by atoms with Gasteiger partial charge in [0.15, 0.2) is 0 Å². The molecule has 1 aromatic carbocycles. The van der Waals surface area contributed by atoms with E-state index in [4.69, 9.17) is 10.8 Å². The summed E-state index contributed by atoms with van der Waals surface area (Å²) in [4.78, 5) is 0. The van der Waals surface area contributed by atoms with Gasteiger partial charge < -0.3 is 16.2 Å². The average Bonchev–Trinajstić information content (AvgIpc) is 2.71. The number of benzene rings is 1. The molecular formula is C12H18N2O. The molecule has 0 fully saturated rings. The van der Waals surface area contributed by atoms with Crippen LogP contribution in [0.5, 0.6) is 0 Å². The summed E-state index contributed by atoms with van der Waals surface area (Å²) < 4.78 is 0. The largest absolute Gasteiger partial charge is 0.395 e. The van der Waals surface area contributed by atoms with Gasteiger partial charge in [-0.1, -0.05) is 25.1 Å². The third-order valence-electron chi connectivity index (χ3n) is 3.12. The van der Waals surface area contributed by atoms with E-state index in [1.807, 2.05) is 0 Å². The smallest absolute Gasteiger partial charge is 0.0602 e. The second-order valence-electron chi connectivity index (χ2n) is 4.11. The number of nitrogens with one attached hydrogen (secondary N) is 1. The minimum atomic E-state index is -0.179. The van der Waals surface area contributed by atoms with Gasteiger partial charge in [0.1, 0.15) is 0 Å². The molecule has 0 aromatic heterocycles. The van der Waals surface area contributed by atoms with Crippen molar-refractivity contribution in [2.45, 2.75) is 31.8 Å². The monoisotopic (exact) mass is 206 g/mol. The van der Waals surface area contributed by atoms with Crippen molar-refractivity contribution >= 4 is 5.69 Å². The fraction of sp³-hybridized carbons (Fsp3) is 0.500. The third-order valence-corrected chi connectivity index (χ3v) is 3.12. The summed E-state index contributed by atoms with van der Waals surface area (Å²) in [6, 6.07) is 6.36. The molecule has 1 aromatic rings. The van der Waals surface area contributed by atoms with Crippen molar-refractivity contribution in [3.8, 4) is 0 Å². The number of aliphatic hydroxyl groups excluding tert-OH is 1. The maximum absolute atomic E-state index is 9.04. The lowest BCUT2D eigenvalue weighted by Gasteiger charge is -2.17. The summed E-state index contributed by atoms with van der Waals surface area (Å²) in [7, 11) is 0. The molecule has 15 heavy (non-hydrogen) atoms. The standard InChI is InChI=1S/C12H18N2O/c1-2-8-4-3-5-9-6-11(10(13)7-15)14-12(8)9/h3-5,10-11,14-15H,2,6-7,13H2,1H3. The Balaban J connectivity index is 2.23. The van der Waals surface area contributed by atoms with Gasteiger partial charge in [0, 0.05) is 17.8 Å². The lowest BCUT2D eigenvalue weighted by atomic mass is 10.0. The normalized spacial score (nSPS) is 20.9. The second kappa shape index (κ2) is 4.21. The SMILES string of the molecule is CCc1cccc2c1NC(C(N)CO)C2. The molecule has 0 amide bonds. The number of fused-ring (bicyclic) bond motifs is 1. The first-order chi connectivity index (χ1) is 7.26. The number of anilines is 1. The molecule has 1 aliphatic rings. The van der Waals surface area contributed by atoms with E-state index in [1.54, 1.807) is 0 Å². The van der Waals surface area contributed by atoms with Crippen LogP contribution in [0.3, 0.4) is 0 Å². The number of aryl methyl sites for hydroxylation is 1. The molecule has 0 bridgehead atoms. The van der Waals surface area contributed by atoms with Crippen LogP contribution < -0.4 is 11.1 Å². The van der Waals surface area contributed by atoms with E-state index in [0.29, 0.717) is 0 Å². The maximum atomic E-state index is 9.04. The Labute approximate surface area is 90.3 Å². The number of hydrogen-bond acceptors (Lipinski definition) is 3. The molecule has 2 atom stereocenters. The van der Waals surface area contributed by atoms with Crippen molar-refractivity contribution in [1.29, 1.82) is 0 Å². The van der Waals surface area contributed by atoms with E-state index in [9.17, 15) is 0 Å². The van der Waals surface area contributed by atoms with Crippen molar-refractivity contribution in [3.05, 3.63) is 29.3 Å². The van der Waals surface area contributed by atoms with Crippen molar-refractivity contribution in [2.75, 3.05) is 11.9 Å². The number of para-hydroxylation sites is 1. The second-order valence-corrected chi connectivity index (χ2v) is 4.11. The van der Waals surface area contributed by atoms with Gasteiger partial charge in [-0.05, 0) is 24.0 Å². The summed E-state index contributed by atoms with van der Waals surface area (Å²) in [5, 5.41) is 12.5. The lowest BCUT2D eigenvalue weighted by Crippen LogP contribution is -2.41. The molecule has 1 heterocycles. The van der Waals surface area contributed by atoms with Crippen LogP contribution in [0, 0.1) is 0 Å². The summed E-state index contributed by atoms with van der Waals surface area (Å²) in [6.07, 6.45) is 1.95. The van der Waals surface area contributed by atoms with Gasteiger partial charge in [0.05, 0.1) is 6.61 Å². The van der Waals surface area contributed by atoms with Crippen LogP contribution >= 0.6 is 0 Å². The molecule has 0 aliphatic carbocycles. The molecule has 82 valence electrons. The van der Waals surface area contributed by atoms with Crippen molar-refractivity contribution in [1.82, 2.24) is 0 Å². The maximum Gasteiger partial charge on any atom is 0.0602 e. The summed E-state index contributed by atoms with van der Waals surface area (Å²) in [5.41, 5.74) is 9.72. The Morgan fingerprint density at radius 3 is 3.07 bits per heavy atom. The Morgan fingerprint density at radius 1 is 1.60 bits per heavy atom. The van der Waals surface area contributed by atoms with Crippen LogP contribution in [-0.2, 0) is 12.8 Å². The fourth-order valence-electron chi connectivity index (χ4n) is 2.16. The minimum Gasteiger partial charge on any atom is -0.395 e. The van der Waals surface area contributed by atoms with Crippen LogP contribution in [0.4, 0.5) is 5.69 Å². The van der Waals surface area contributed by atoms with Gasteiger partial charge in [0.25, 0.3) is 0 Å². The Bertz CT molecular complexity index is 351. The molecule has 2 unspecified atom stereocenters. The van der Waals surface area contributed by atoms with Crippen molar-refractivity contribution in [3.63, 3.8) is 0 Å². The van der Waals surface area contributed by atoms with Crippen LogP contribution in [0.25, 0.3) is 0 Å². The van der Waals surface area contributed by atoms with E-state index in [1.165, 1.54) is 16.8 Å². The number of hydrogen-bond donors (Lipinski definition) is 3. The quantitative estimate of drug-likeness (QED) is 0.689. The molecule has 0 radical (unpaired) electrons. The van der Waals surface area contributed by atoms with E-state index in [2.05, 4.69) is 30.4 Å². The first kappa shape index (κ1) is 10.5. The summed E-state index contributed by atoms with van der Waals surface area (Å²) in [5.74, 6) is 0. The zero-order valence-corrected chi connectivity index (χ0v) is 9.03. The first-order valence-electron chi connectivity index (χ1n) is 5.50. The summed E-state index contributed by atoms with van der Waals surface area (Å²) >= 11 is 0. The minimum absolute atomic E-state index is 0.0348. The highest BCUT2D eigenvalue weighted by molar-refractivity contribution is 5.62. The van der Waals surface area contributed by atoms with Crippen molar-refractivity contribution in [2.24, 2.45) is 5.73 Å². The average molecular weight is 206 g/mol. The van der Waals surface area contributed by atoms with Gasteiger partial charge in [-0.15, -0.1) is 0 Å². The number of rotatable bonds is 3. The van der Waals surface area contributed by atoms with E-state index in [0.717, 1.165) is 12.8 Å². The third kappa shape index (κ3) is 1.85. The highest BCUT2D eigenvalue weighted by Crippen LogP contribution is 2.30. The molecule has 2 rings (SSSR count). The molecule has 3 heteroatoms. The lowest BCUT2D eigenvalue weighted by molar-refractivity contribution is 0.254. The molecule has 0 saturated heterocycles. The van der Waals surface area contributed by atoms with E-state index < -0.39 is 0 Å². The van der Waals surface area contributed by atoms with Gasteiger partial charge in [-0.3, -0.25) is 0 Å². The molecule has 0 saturated carbocycles. The van der Waals surface area contributed by atoms with Crippen LogP contribution in [0.15, 0.2) is 18.2 Å². The van der Waals surface area contributed by atoms with E-state index >= 15 is 0 Å². The number of nitrogens with two attached hydrogens (primary N) is 1. The zero-order chi connectivity index (χ0) is 10.8. The van der Waals surface area contributed by atoms with Crippen molar-refractivity contribution < 1.29 is 5.11 Å². The highest BCUT2D eigenvalue weighted by atomic mass is 16.3. The van der Waals surface area contributed by atoms with Crippen LogP contribution in [0.2, 0.25) is 0 Å². The molecule has 4 N–H and O–H groups in total. The Hall–Kier alpha value is -1.06. The Kier molecular flexibility index (Phi) is 2.93. The van der Waals surface area contributed by atoms with Crippen LogP contribution in [0.1, 0.15) is 18.1 Å². The first-order valence-corrected chi connectivity index (χ1v) is 5.50. The highest BCUT2D eigenvalue weighted by Gasteiger charge is 2.26. The summed E-state index contributed by atoms with van der Waals surface area (Å²) in [6.45, 7) is 2.18. The van der Waals surface area contributed by atoms with Gasteiger partial charge >= 0.3 is 0 Å². The van der Waals surface area contributed by atoms with Gasteiger partial charge in [0.2, 0.25) is 0 Å².